The van der Waals surface area contributed by atoms with Crippen molar-refractivity contribution in [1.82, 2.24) is 5.32 Å². The lowest BCUT2D eigenvalue weighted by Crippen LogP contribution is -2.28. The highest BCUT2D eigenvalue weighted by atomic mass is 32.2. The van der Waals surface area contributed by atoms with Gasteiger partial charge in [0.1, 0.15) is 0 Å². The third kappa shape index (κ3) is 4.36. The molecule has 0 amide bonds. The Morgan fingerprint density at radius 3 is 2.24 bits per heavy atom. The summed E-state index contributed by atoms with van der Waals surface area (Å²) in [7, 11) is 2.07. The Bertz CT molecular complexity index is 299. The highest BCUT2D eigenvalue weighted by Gasteiger charge is 2.22. The van der Waals surface area contributed by atoms with E-state index in [4.69, 9.17) is 0 Å². The molecular formula is C15H25NS. The molecule has 0 heterocycles. The van der Waals surface area contributed by atoms with E-state index in [9.17, 15) is 0 Å². The maximum atomic E-state index is 3.48. The molecule has 1 aromatic carbocycles. The second kappa shape index (κ2) is 7.78. The van der Waals surface area contributed by atoms with Crippen LogP contribution in [0.2, 0.25) is 0 Å². The van der Waals surface area contributed by atoms with Gasteiger partial charge in [0.25, 0.3) is 0 Å². The fraction of sp³-hybridized carbons (Fsp3) is 0.600. The van der Waals surface area contributed by atoms with Crippen molar-refractivity contribution in [2.75, 3.05) is 7.05 Å². The number of thioether (sulfide) groups is 1. The van der Waals surface area contributed by atoms with Crippen molar-refractivity contribution in [3.8, 4) is 0 Å². The van der Waals surface area contributed by atoms with Crippen LogP contribution in [-0.2, 0) is 0 Å². The summed E-state index contributed by atoms with van der Waals surface area (Å²) in [4.78, 5) is 0. The smallest absolute Gasteiger partial charge is 0.0438 e. The predicted octanol–water partition coefficient (Wildman–Crippen LogP) is 4.26. The monoisotopic (exact) mass is 251 g/mol. The van der Waals surface area contributed by atoms with Crippen molar-refractivity contribution in [3.63, 3.8) is 0 Å². The minimum absolute atomic E-state index is 0.459. The van der Waals surface area contributed by atoms with E-state index >= 15 is 0 Å². The molecule has 3 atom stereocenters. The lowest BCUT2D eigenvalue weighted by Gasteiger charge is -2.28. The Kier molecular flexibility index (Phi) is 6.68. The Morgan fingerprint density at radius 2 is 1.76 bits per heavy atom. The fourth-order valence-corrected chi connectivity index (χ4v) is 3.46. The number of hydrogen-bond donors (Lipinski definition) is 1. The van der Waals surface area contributed by atoms with E-state index in [1.54, 1.807) is 0 Å². The van der Waals surface area contributed by atoms with Crippen LogP contribution in [0.4, 0.5) is 0 Å². The third-order valence-electron chi connectivity index (χ3n) is 3.23. The molecule has 0 aliphatic rings. The van der Waals surface area contributed by atoms with Crippen molar-refractivity contribution in [3.05, 3.63) is 35.9 Å². The van der Waals surface area contributed by atoms with Crippen LogP contribution in [0.3, 0.4) is 0 Å². The minimum Gasteiger partial charge on any atom is -0.312 e. The zero-order valence-electron chi connectivity index (χ0n) is 11.4. The van der Waals surface area contributed by atoms with E-state index in [-0.39, 0.29) is 0 Å². The van der Waals surface area contributed by atoms with Gasteiger partial charge < -0.3 is 5.32 Å². The predicted molar refractivity (Wildman–Crippen MR) is 79.7 cm³/mol. The molecule has 0 spiro atoms. The maximum Gasteiger partial charge on any atom is 0.0438 e. The second-order valence-electron chi connectivity index (χ2n) is 4.48. The molecule has 2 heteroatoms. The van der Waals surface area contributed by atoms with Crippen LogP contribution in [0.15, 0.2) is 30.3 Å². The van der Waals surface area contributed by atoms with Gasteiger partial charge in [-0.2, -0.15) is 11.8 Å². The van der Waals surface area contributed by atoms with E-state index in [0.29, 0.717) is 11.3 Å². The van der Waals surface area contributed by atoms with Gasteiger partial charge in [-0.3, -0.25) is 0 Å². The van der Waals surface area contributed by atoms with Crippen LogP contribution < -0.4 is 5.32 Å². The van der Waals surface area contributed by atoms with Crippen molar-refractivity contribution in [2.24, 2.45) is 0 Å². The SMILES string of the molecule is CCC(C)SC(CC)C(NC)c1ccccc1. The van der Waals surface area contributed by atoms with Crippen LogP contribution in [0, 0.1) is 0 Å². The van der Waals surface area contributed by atoms with Gasteiger partial charge in [-0.25, -0.2) is 0 Å². The summed E-state index contributed by atoms with van der Waals surface area (Å²) >= 11 is 2.11. The molecule has 1 aromatic rings. The highest BCUT2D eigenvalue weighted by molar-refractivity contribution is 8.00. The van der Waals surface area contributed by atoms with E-state index in [0.717, 1.165) is 5.25 Å². The molecule has 3 unspecified atom stereocenters. The first kappa shape index (κ1) is 14.6. The fourth-order valence-electron chi connectivity index (χ4n) is 2.03. The van der Waals surface area contributed by atoms with Gasteiger partial charge in [0.05, 0.1) is 0 Å². The largest absolute Gasteiger partial charge is 0.312 e. The average Bonchev–Trinajstić information content (AvgIpc) is 2.39. The van der Waals surface area contributed by atoms with Gasteiger partial charge in [0.2, 0.25) is 0 Å². The first-order valence-electron chi connectivity index (χ1n) is 6.60. The molecule has 0 saturated heterocycles. The number of hydrogen-bond acceptors (Lipinski definition) is 2. The second-order valence-corrected chi connectivity index (χ2v) is 6.16. The Labute approximate surface area is 110 Å². The van der Waals surface area contributed by atoms with E-state index in [1.807, 2.05) is 0 Å². The molecule has 0 aliphatic heterocycles. The molecule has 0 aromatic heterocycles. The van der Waals surface area contributed by atoms with E-state index in [1.165, 1.54) is 18.4 Å². The zero-order chi connectivity index (χ0) is 12.7. The molecule has 0 radical (unpaired) electrons. The molecule has 1 rings (SSSR count). The van der Waals surface area contributed by atoms with E-state index in [2.05, 4.69) is 75.2 Å². The Balaban J connectivity index is 2.76. The molecule has 0 saturated carbocycles. The standard InChI is InChI=1S/C15H25NS/c1-5-12(3)17-14(6-2)15(16-4)13-10-8-7-9-11-13/h7-12,14-16H,5-6H2,1-4H3. The van der Waals surface area contributed by atoms with Gasteiger partial charge in [-0.1, -0.05) is 51.1 Å². The maximum absolute atomic E-state index is 3.48. The van der Waals surface area contributed by atoms with Crippen LogP contribution in [-0.4, -0.2) is 17.5 Å². The van der Waals surface area contributed by atoms with Gasteiger partial charge in [0, 0.05) is 16.5 Å². The van der Waals surface area contributed by atoms with E-state index < -0.39 is 0 Å². The van der Waals surface area contributed by atoms with Gasteiger partial charge in [-0.15, -0.1) is 0 Å². The molecule has 1 nitrogen and oxygen atoms in total. The quantitative estimate of drug-likeness (QED) is 0.777. The van der Waals surface area contributed by atoms with Crippen LogP contribution in [0.1, 0.15) is 45.2 Å². The molecule has 0 aliphatic carbocycles. The number of rotatable bonds is 7. The van der Waals surface area contributed by atoms with Crippen LogP contribution in [0.5, 0.6) is 0 Å². The summed E-state index contributed by atoms with van der Waals surface area (Å²) < 4.78 is 0. The Morgan fingerprint density at radius 1 is 1.12 bits per heavy atom. The van der Waals surface area contributed by atoms with Gasteiger partial charge >= 0.3 is 0 Å². The van der Waals surface area contributed by atoms with Crippen molar-refractivity contribution in [2.45, 2.75) is 50.2 Å². The van der Waals surface area contributed by atoms with Crippen molar-refractivity contribution >= 4 is 11.8 Å². The van der Waals surface area contributed by atoms with Crippen molar-refractivity contribution < 1.29 is 0 Å². The van der Waals surface area contributed by atoms with Crippen molar-refractivity contribution in [1.29, 1.82) is 0 Å². The molecule has 0 bridgehead atoms. The molecular weight excluding hydrogens is 226 g/mol. The van der Waals surface area contributed by atoms with Crippen LogP contribution >= 0.6 is 11.8 Å². The summed E-state index contributed by atoms with van der Waals surface area (Å²) in [5.74, 6) is 0. The third-order valence-corrected chi connectivity index (χ3v) is 4.98. The summed E-state index contributed by atoms with van der Waals surface area (Å²) in [6.07, 6.45) is 2.45. The highest BCUT2D eigenvalue weighted by Crippen LogP contribution is 2.32. The summed E-state index contributed by atoms with van der Waals surface area (Å²) in [6, 6.07) is 11.2. The number of nitrogens with one attached hydrogen (secondary N) is 1. The minimum atomic E-state index is 0.459. The first-order chi connectivity index (χ1) is 8.22. The lowest BCUT2D eigenvalue weighted by atomic mass is 10.0. The lowest BCUT2D eigenvalue weighted by molar-refractivity contribution is 0.554. The summed E-state index contributed by atoms with van der Waals surface area (Å²) in [5, 5.41) is 4.86. The van der Waals surface area contributed by atoms with Crippen LogP contribution in [0.25, 0.3) is 0 Å². The Hall–Kier alpha value is -0.470. The molecule has 96 valence electrons. The molecule has 17 heavy (non-hydrogen) atoms. The zero-order valence-corrected chi connectivity index (χ0v) is 12.3. The average molecular weight is 251 g/mol. The molecule has 1 N–H and O–H groups in total. The van der Waals surface area contributed by atoms with Gasteiger partial charge in [-0.05, 0) is 25.5 Å². The normalized spacial score (nSPS) is 16.5. The summed E-state index contributed by atoms with van der Waals surface area (Å²) in [6.45, 7) is 6.87. The topological polar surface area (TPSA) is 12.0 Å². The molecule has 0 fully saturated rings. The number of benzene rings is 1. The van der Waals surface area contributed by atoms with Gasteiger partial charge in [0.15, 0.2) is 0 Å². The summed E-state index contributed by atoms with van der Waals surface area (Å²) in [5.41, 5.74) is 1.40. The first-order valence-corrected chi connectivity index (χ1v) is 7.54.